The summed E-state index contributed by atoms with van der Waals surface area (Å²) in [4.78, 5) is 0. The van der Waals surface area contributed by atoms with E-state index in [1.807, 2.05) is 0 Å². The fraction of sp³-hybridized carbons (Fsp3) is 0.412. The van der Waals surface area contributed by atoms with E-state index in [1.54, 1.807) is 0 Å². The first-order valence-electron chi connectivity index (χ1n) is 6.93. The lowest BCUT2D eigenvalue weighted by atomic mass is 9.90. The molecule has 0 bridgehead atoms. The van der Waals surface area contributed by atoms with Crippen molar-refractivity contribution in [3.8, 4) is 0 Å². The molecule has 1 nitrogen and oxygen atoms in total. The van der Waals surface area contributed by atoms with E-state index in [1.165, 1.54) is 21.9 Å². The normalized spacial score (nSPS) is 17.1. The molecule has 2 atom stereocenters. The predicted octanol–water partition coefficient (Wildman–Crippen LogP) is 4.02. The zero-order valence-electron chi connectivity index (χ0n) is 11.1. The van der Waals surface area contributed by atoms with E-state index < -0.39 is 0 Å². The van der Waals surface area contributed by atoms with Crippen molar-refractivity contribution in [1.29, 1.82) is 0 Å². The third-order valence-electron chi connectivity index (χ3n) is 4.41. The van der Waals surface area contributed by atoms with Crippen LogP contribution in [0.2, 0.25) is 0 Å². The van der Waals surface area contributed by atoms with Crippen molar-refractivity contribution in [2.75, 3.05) is 0 Å². The summed E-state index contributed by atoms with van der Waals surface area (Å²) in [7, 11) is 0. The summed E-state index contributed by atoms with van der Waals surface area (Å²) in [5, 5.41) is 13.1. The Hall–Kier alpha value is -1.34. The fourth-order valence-corrected chi connectivity index (χ4v) is 3.06. The Labute approximate surface area is 108 Å². The molecule has 1 N–H and O–H groups in total. The van der Waals surface area contributed by atoms with Crippen LogP contribution in [-0.2, 0) is 12.8 Å². The van der Waals surface area contributed by atoms with Gasteiger partial charge in [0, 0.05) is 0 Å². The van der Waals surface area contributed by atoms with Crippen LogP contribution in [0.3, 0.4) is 0 Å². The van der Waals surface area contributed by atoms with Crippen LogP contribution in [-0.4, -0.2) is 5.11 Å². The van der Waals surface area contributed by atoms with Crippen molar-refractivity contribution in [3.05, 3.63) is 47.0 Å². The molecule has 0 aromatic heterocycles. The van der Waals surface area contributed by atoms with Crippen LogP contribution in [0.15, 0.2) is 30.3 Å². The van der Waals surface area contributed by atoms with Crippen molar-refractivity contribution in [2.24, 2.45) is 5.92 Å². The topological polar surface area (TPSA) is 20.2 Å². The first-order chi connectivity index (χ1) is 8.72. The highest BCUT2D eigenvalue weighted by molar-refractivity contribution is 5.93. The molecule has 0 amide bonds. The van der Waals surface area contributed by atoms with E-state index in [4.69, 9.17) is 0 Å². The van der Waals surface area contributed by atoms with Crippen molar-refractivity contribution >= 4 is 10.8 Å². The van der Waals surface area contributed by atoms with E-state index >= 15 is 0 Å². The Kier molecular flexibility index (Phi) is 2.87. The average Bonchev–Trinajstić information content (AvgIpc) is 2.83. The molecule has 0 saturated heterocycles. The van der Waals surface area contributed by atoms with Gasteiger partial charge in [-0.15, -0.1) is 0 Å². The highest BCUT2D eigenvalue weighted by atomic mass is 16.3. The standard InChI is InChI=1S/C17H20O/c1-3-11(2)17(18)15-10-9-13-8-7-12-5-4-6-14(15)16(12)13/h4-6,9-11,17-18H,3,7-8H2,1-2H3. The van der Waals surface area contributed by atoms with Crippen molar-refractivity contribution < 1.29 is 5.11 Å². The van der Waals surface area contributed by atoms with Crippen LogP contribution in [0, 0.1) is 5.92 Å². The van der Waals surface area contributed by atoms with Crippen LogP contribution < -0.4 is 0 Å². The van der Waals surface area contributed by atoms with Gasteiger partial charge in [-0.05, 0) is 46.2 Å². The molecule has 1 heteroatoms. The van der Waals surface area contributed by atoms with E-state index in [9.17, 15) is 5.11 Å². The van der Waals surface area contributed by atoms with Crippen molar-refractivity contribution in [1.82, 2.24) is 0 Å². The van der Waals surface area contributed by atoms with Gasteiger partial charge in [0.25, 0.3) is 0 Å². The Balaban J connectivity index is 2.20. The predicted molar refractivity (Wildman–Crippen MR) is 75.8 cm³/mol. The molecule has 0 fully saturated rings. The Bertz CT molecular complexity index is 575. The highest BCUT2D eigenvalue weighted by Crippen LogP contribution is 2.37. The van der Waals surface area contributed by atoms with Crippen LogP contribution in [0.25, 0.3) is 10.8 Å². The molecule has 18 heavy (non-hydrogen) atoms. The molecule has 0 radical (unpaired) electrons. The minimum absolute atomic E-state index is 0.309. The van der Waals surface area contributed by atoms with Gasteiger partial charge in [-0.3, -0.25) is 0 Å². The smallest absolute Gasteiger partial charge is 0.0821 e. The average molecular weight is 240 g/mol. The lowest BCUT2D eigenvalue weighted by Gasteiger charge is -2.20. The molecule has 2 unspecified atom stereocenters. The third-order valence-corrected chi connectivity index (χ3v) is 4.41. The van der Waals surface area contributed by atoms with Gasteiger partial charge < -0.3 is 5.11 Å². The van der Waals surface area contributed by atoms with E-state index in [0.29, 0.717) is 5.92 Å². The molecule has 1 aliphatic rings. The number of aryl methyl sites for hydroxylation is 2. The lowest BCUT2D eigenvalue weighted by molar-refractivity contribution is 0.117. The van der Waals surface area contributed by atoms with Crippen molar-refractivity contribution in [2.45, 2.75) is 39.2 Å². The molecule has 0 spiro atoms. The van der Waals surface area contributed by atoms with Crippen molar-refractivity contribution in [3.63, 3.8) is 0 Å². The van der Waals surface area contributed by atoms with E-state index in [-0.39, 0.29) is 6.10 Å². The number of rotatable bonds is 3. The quantitative estimate of drug-likeness (QED) is 0.859. The van der Waals surface area contributed by atoms with Crippen LogP contribution in [0.5, 0.6) is 0 Å². The van der Waals surface area contributed by atoms with Gasteiger partial charge in [0.2, 0.25) is 0 Å². The number of aliphatic hydroxyl groups excluding tert-OH is 1. The largest absolute Gasteiger partial charge is 0.388 e. The number of aliphatic hydroxyl groups is 1. The summed E-state index contributed by atoms with van der Waals surface area (Å²) in [6, 6.07) is 10.8. The summed E-state index contributed by atoms with van der Waals surface area (Å²) in [6.45, 7) is 4.25. The first kappa shape index (κ1) is 11.7. The molecule has 2 aromatic carbocycles. The minimum Gasteiger partial charge on any atom is -0.388 e. The zero-order valence-corrected chi connectivity index (χ0v) is 11.1. The second kappa shape index (κ2) is 4.40. The van der Waals surface area contributed by atoms with Gasteiger partial charge in [0.05, 0.1) is 6.10 Å². The van der Waals surface area contributed by atoms with E-state index in [0.717, 1.165) is 24.8 Å². The summed E-state index contributed by atoms with van der Waals surface area (Å²) >= 11 is 0. The van der Waals surface area contributed by atoms with Crippen LogP contribution in [0.1, 0.15) is 43.1 Å². The number of benzene rings is 2. The second-order valence-corrected chi connectivity index (χ2v) is 5.48. The molecule has 3 rings (SSSR count). The highest BCUT2D eigenvalue weighted by Gasteiger charge is 2.21. The monoisotopic (exact) mass is 240 g/mol. The lowest BCUT2D eigenvalue weighted by Crippen LogP contribution is -2.08. The zero-order chi connectivity index (χ0) is 12.7. The van der Waals surface area contributed by atoms with E-state index in [2.05, 4.69) is 44.2 Å². The number of hydrogen-bond acceptors (Lipinski definition) is 1. The molecule has 94 valence electrons. The summed E-state index contributed by atoms with van der Waals surface area (Å²) in [5.41, 5.74) is 3.99. The van der Waals surface area contributed by atoms with Crippen LogP contribution in [0.4, 0.5) is 0 Å². The summed E-state index contributed by atoms with van der Waals surface area (Å²) in [5.74, 6) is 0.309. The molecular weight excluding hydrogens is 220 g/mol. The molecule has 0 saturated carbocycles. The summed E-state index contributed by atoms with van der Waals surface area (Å²) in [6.07, 6.45) is 2.95. The van der Waals surface area contributed by atoms with Gasteiger partial charge in [-0.1, -0.05) is 50.6 Å². The molecule has 0 heterocycles. The van der Waals surface area contributed by atoms with Gasteiger partial charge >= 0.3 is 0 Å². The van der Waals surface area contributed by atoms with Gasteiger partial charge in [0.15, 0.2) is 0 Å². The summed E-state index contributed by atoms with van der Waals surface area (Å²) < 4.78 is 0. The minimum atomic E-state index is -0.347. The Morgan fingerprint density at radius 2 is 1.83 bits per heavy atom. The van der Waals surface area contributed by atoms with Gasteiger partial charge in [-0.2, -0.15) is 0 Å². The van der Waals surface area contributed by atoms with Gasteiger partial charge in [-0.25, -0.2) is 0 Å². The molecule has 2 aromatic rings. The Morgan fingerprint density at radius 1 is 1.11 bits per heavy atom. The number of hydrogen-bond donors (Lipinski definition) is 1. The molecule has 0 aliphatic heterocycles. The van der Waals surface area contributed by atoms with Crippen LogP contribution >= 0.6 is 0 Å². The first-order valence-corrected chi connectivity index (χ1v) is 6.93. The maximum absolute atomic E-state index is 10.5. The maximum Gasteiger partial charge on any atom is 0.0821 e. The fourth-order valence-electron chi connectivity index (χ4n) is 3.06. The SMILES string of the molecule is CCC(C)C(O)c1ccc2c3c(cccc13)CC2. The Morgan fingerprint density at radius 3 is 2.56 bits per heavy atom. The third kappa shape index (κ3) is 1.65. The maximum atomic E-state index is 10.5. The molecular formula is C17H20O. The second-order valence-electron chi connectivity index (χ2n) is 5.48. The molecule has 1 aliphatic carbocycles. The van der Waals surface area contributed by atoms with Gasteiger partial charge in [0.1, 0.15) is 0 Å².